The van der Waals surface area contributed by atoms with E-state index in [1.807, 2.05) is 0 Å². The number of amides is 1. The van der Waals surface area contributed by atoms with E-state index in [1.54, 1.807) is 0 Å². The molecule has 0 saturated carbocycles. The highest BCUT2D eigenvalue weighted by Crippen LogP contribution is 2.27. The van der Waals surface area contributed by atoms with Gasteiger partial charge in [-0.25, -0.2) is 0 Å². The van der Waals surface area contributed by atoms with E-state index < -0.39 is 11.9 Å². The van der Waals surface area contributed by atoms with Gasteiger partial charge in [-0.15, -0.1) is 10.2 Å². The molecule has 1 aromatic heterocycles. The maximum absolute atomic E-state index is 11.9. The van der Waals surface area contributed by atoms with Gasteiger partial charge >= 0.3 is 5.97 Å². The van der Waals surface area contributed by atoms with Gasteiger partial charge in [-0.05, 0) is 18.2 Å². The molecule has 0 aliphatic carbocycles. The highest BCUT2D eigenvalue weighted by atomic mass is 35.5. The van der Waals surface area contributed by atoms with Gasteiger partial charge in [0.05, 0.1) is 11.3 Å². The average molecular weight is 346 g/mol. The van der Waals surface area contributed by atoms with Gasteiger partial charge in [0.2, 0.25) is 5.13 Å². The van der Waals surface area contributed by atoms with Crippen LogP contribution >= 0.6 is 34.7 Å². The number of halogens is 1. The second-order valence-electron chi connectivity index (χ2n) is 3.67. The summed E-state index contributed by atoms with van der Waals surface area (Å²) in [6.45, 7) is 0. The number of carboxylic acids is 1. The number of aromatic nitrogens is 2. The van der Waals surface area contributed by atoms with E-state index >= 15 is 0 Å². The molecule has 0 radical (unpaired) electrons. The lowest BCUT2D eigenvalue weighted by atomic mass is 10.2. The largest absolute Gasteiger partial charge is 0.507 e. The summed E-state index contributed by atoms with van der Waals surface area (Å²) in [5.41, 5.74) is 0.0503. The third-order valence-corrected chi connectivity index (χ3v) is 4.34. The summed E-state index contributed by atoms with van der Waals surface area (Å²) in [5.74, 6) is -1.91. The monoisotopic (exact) mass is 345 g/mol. The molecule has 2 aromatic rings. The summed E-state index contributed by atoms with van der Waals surface area (Å²) in [4.78, 5) is 22.4. The Morgan fingerprint density at radius 2 is 2.14 bits per heavy atom. The van der Waals surface area contributed by atoms with Crippen LogP contribution in [0.1, 0.15) is 10.4 Å². The molecule has 1 amide bonds. The number of thioether (sulfide) groups is 1. The van der Waals surface area contributed by atoms with Crippen LogP contribution in [0.4, 0.5) is 5.13 Å². The number of carbonyl (C=O) groups excluding carboxylic acids is 1. The molecular formula is C11H8ClN3O4S2. The molecule has 0 aliphatic heterocycles. The first kappa shape index (κ1) is 15.5. The Bertz CT molecular complexity index is 692. The van der Waals surface area contributed by atoms with Gasteiger partial charge in [0.15, 0.2) is 4.34 Å². The second-order valence-corrected chi connectivity index (χ2v) is 6.31. The van der Waals surface area contributed by atoms with Crippen LogP contribution in [0.3, 0.4) is 0 Å². The summed E-state index contributed by atoms with van der Waals surface area (Å²) in [7, 11) is 0. The minimum atomic E-state index is -0.966. The molecule has 1 aromatic carbocycles. The van der Waals surface area contributed by atoms with Gasteiger partial charge < -0.3 is 10.2 Å². The first-order valence-corrected chi connectivity index (χ1v) is 7.61. The Labute approximate surface area is 132 Å². The molecule has 10 heteroatoms. The maximum atomic E-state index is 11.9. The van der Waals surface area contributed by atoms with Crippen molar-refractivity contribution in [3.8, 4) is 5.75 Å². The molecule has 0 fully saturated rings. The van der Waals surface area contributed by atoms with E-state index in [-0.39, 0.29) is 22.2 Å². The van der Waals surface area contributed by atoms with Gasteiger partial charge in [0.1, 0.15) is 5.75 Å². The zero-order chi connectivity index (χ0) is 15.4. The molecular weight excluding hydrogens is 338 g/mol. The summed E-state index contributed by atoms with van der Waals surface area (Å²) in [6, 6.07) is 4.11. The number of rotatable bonds is 5. The number of carboxylic acid groups (broad SMARTS) is 1. The van der Waals surface area contributed by atoms with E-state index in [1.165, 1.54) is 18.2 Å². The van der Waals surface area contributed by atoms with E-state index in [0.29, 0.717) is 9.36 Å². The van der Waals surface area contributed by atoms with Crippen molar-refractivity contribution in [3.63, 3.8) is 0 Å². The van der Waals surface area contributed by atoms with Crippen LogP contribution in [-0.2, 0) is 4.79 Å². The molecule has 0 saturated heterocycles. The lowest BCUT2D eigenvalue weighted by molar-refractivity contribution is -0.133. The number of phenolic OH excluding ortho intramolecular Hbond substituents is 1. The van der Waals surface area contributed by atoms with Gasteiger partial charge in [-0.2, -0.15) is 0 Å². The van der Waals surface area contributed by atoms with Crippen molar-refractivity contribution < 1.29 is 19.8 Å². The lowest BCUT2D eigenvalue weighted by Crippen LogP contribution is -2.11. The first-order valence-electron chi connectivity index (χ1n) is 5.43. The van der Waals surface area contributed by atoms with Crippen molar-refractivity contribution in [2.75, 3.05) is 11.1 Å². The molecule has 0 aliphatic rings. The van der Waals surface area contributed by atoms with Gasteiger partial charge in [-0.3, -0.25) is 14.9 Å². The van der Waals surface area contributed by atoms with Crippen molar-refractivity contribution in [2.45, 2.75) is 4.34 Å². The number of aromatic hydroxyl groups is 1. The van der Waals surface area contributed by atoms with Crippen molar-refractivity contribution in [1.82, 2.24) is 10.2 Å². The van der Waals surface area contributed by atoms with Crippen LogP contribution in [0.5, 0.6) is 5.75 Å². The van der Waals surface area contributed by atoms with Crippen molar-refractivity contribution >= 4 is 51.7 Å². The van der Waals surface area contributed by atoms with Crippen molar-refractivity contribution in [2.24, 2.45) is 0 Å². The Kier molecular flexibility index (Phi) is 4.99. The molecule has 7 nitrogen and oxygen atoms in total. The van der Waals surface area contributed by atoms with Gasteiger partial charge in [-0.1, -0.05) is 34.7 Å². The molecule has 3 N–H and O–H groups in total. The average Bonchev–Trinajstić information content (AvgIpc) is 2.83. The van der Waals surface area contributed by atoms with Crippen LogP contribution < -0.4 is 5.32 Å². The number of phenols is 1. The van der Waals surface area contributed by atoms with E-state index in [2.05, 4.69) is 15.5 Å². The molecule has 0 spiro atoms. The van der Waals surface area contributed by atoms with Crippen molar-refractivity contribution in [3.05, 3.63) is 28.8 Å². The SMILES string of the molecule is O=C(O)CSc1nnc(NC(=O)c2ccc(Cl)cc2O)s1. The number of aliphatic carboxylic acids is 1. The van der Waals surface area contributed by atoms with Crippen LogP contribution in [-0.4, -0.2) is 38.0 Å². The third kappa shape index (κ3) is 4.31. The number of carbonyl (C=O) groups is 2. The quantitative estimate of drug-likeness (QED) is 0.563. The topological polar surface area (TPSA) is 112 Å². The fourth-order valence-corrected chi connectivity index (χ4v) is 2.94. The zero-order valence-corrected chi connectivity index (χ0v) is 12.6. The van der Waals surface area contributed by atoms with Crippen LogP contribution in [0.2, 0.25) is 5.02 Å². The summed E-state index contributed by atoms with van der Waals surface area (Å²) >= 11 is 7.73. The fraction of sp³-hybridized carbons (Fsp3) is 0.0909. The molecule has 0 unspecified atom stereocenters. The molecule has 110 valence electrons. The van der Waals surface area contributed by atoms with Crippen molar-refractivity contribution in [1.29, 1.82) is 0 Å². The smallest absolute Gasteiger partial charge is 0.313 e. The molecule has 0 atom stereocenters. The Hall–Kier alpha value is -1.84. The van der Waals surface area contributed by atoms with Crippen LogP contribution in [0.25, 0.3) is 0 Å². The minimum absolute atomic E-state index is 0.0503. The van der Waals surface area contributed by atoms with E-state index in [4.69, 9.17) is 16.7 Å². The van der Waals surface area contributed by atoms with Crippen LogP contribution in [0, 0.1) is 0 Å². The van der Waals surface area contributed by atoms with E-state index in [9.17, 15) is 14.7 Å². The minimum Gasteiger partial charge on any atom is -0.507 e. The highest BCUT2D eigenvalue weighted by molar-refractivity contribution is 8.01. The third-order valence-electron chi connectivity index (χ3n) is 2.15. The Balaban J connectivity index is 2.04. The molecule has 2 rings (SSSR count). The predicted molar refractivity (Wildman–Crippen MR) is 79.3 cm³/mol. The first-order chi connectivity index (χ1) is 9.95. The normalized spacial score (nSPS) is 10.3. The fourth-order valence-electron chi connectivity index (χ4n) is 1.30. The summed E-state index contributed by atoms with van der Waals surface area (Å²) in [5, 5.41) is 28.7. The predicted octanol–water partition coefficient (Wildman–Crippen LogP) is 2.33. The van der Waals surface area contributed by atoms with Crippen LogP contribution in [0.15, 0.2) is 22.5 Å². The maximum Gasteiger partial charge on any atom is 0.313 e. The number of nitrogens with one attached hydrogen (secondary N) is 1. The number of hydrogen-bond donors (Lipinski definition) is 3. The molecule has 0 bridgehead atoms. The number of benzene rings is 1. The Morgan fingerprint density at radius 1 is 1.38 bits per heavy atom. The number of hydrogen-bond acceptors (Lipinski definition) is 7. The van der Waals surface area contributed by atoms with Gasteiger partial charge in [0.25, 0.3) is 5.91 Å². The standard InChI is InChI=1S/C11H8ClN3O4S2/c12-5-1-2-6(7(16)3-5)9(19)13-10-14-15-11(21-10)20-4-8(17)18/h1-3,16H,4H2,(H,17,18)(H,13,14,19). The Morgan fingerprint density at radius 3 is 2.81 bits per heavy atom. The molecule has 21 heavy (non-hydrogen) atoms. The number of nitrogens with zero attached hydrogens (tertiary/aromatic N) is 2. The zero-order valence-electron chi connectivity index (χ0n) is 10.2. The number of anilines is 1. The van der Waals surface area contributed by atoms with Gasteiger partial charge in [0, 0.05) is 5.02 Å². The lowest BCUT2D eigenvalue weighted by Gasteiger charge is -2.03. The summed E-state index contributed by atoms with van der Waals surface area (Å²) < 4.78 is 0.424. The van der Waals surface area contributed by atoms with E-state index in [0.717, 1.165) is 23.1 Å². The molecule has 1 heterocycles. The highest BCUT2D eigenvalue weighted by Gasteiger charge is 2.14. The second kappa shape index (κ2) is 6.74. The summed E-state index contributed by atoms with van der Waals surface area (Å²) in [6.07, 6.45) is 0.